The van der Waals surface area contributed by atoms with Gasteiger partial charge >= 0.3 is 0 Å². The van der Waals surface area contributed by atoms with Crippen LogP contribution in [0.4, 0.5) is 0 Å². The normalized spacial score (nSPS) is 12.0. The highest BCUT2D eigenvalue weighted by molar-refractivity contribution is 5.17. The Hall–Kier alpha value is -1.17. The number of hydrogen-bond donors (Lipinski definition) is 2. The monoisotopic (exact) mass is 98.0 g/mol. The fraction of sp³-hybridized carbons (Fsp3) is 0.250. The molecule has 0 atom stereocenters. The maximum absolute atomic E-state index is 8.35. The van der Waals surface area contributed by atoms with E-state index < -0.39 is 0 Å². The average Bonchev–Trinajstić information content (AvgIpc) is 1.65. The number of allylic oxidation sites excluding steroid dienone is 2. The highest BCUT2D eigenvalue weighted by Gasteiger charge is 1.87. The Bertz CT molecular complexity index is 127. The van der Waals surface area contributed by atoms with Gasteiger partial charge in [-0.05, 0) is 6.92 Å². The van der Waals surface area contributed by atoms with Crippen molar-refractivity contribution in [1.82, 2.24) is 0 Å². The Morgan fingerprint density at radius 2 is 2.29 bits per heavy atom. The molecule has 0 saturated carbocycles. The van der Waals surface area contributed by atoms with Gasteiger partial charge in [0.15, 0.2) is 0 Å². The van der Waals surface area contributed by atoms with E-state index in [1.165, 1.54) is 6.92 Å². The number of nitrogens with two attached hydrogens (primary N) is 1. The number of hydrogen-bond acceptors (Lipinski definition) is 3. The summed E-state index contributed by atoms with van der Waals surface area (Å²) in [6.45, 7) is 1.36. The largest absolute Gasteiger partial charge is 0.510 e. The molecule has 0 rings (SSSR count). The second-order valence-electron chi connectivity index (χ2n) is 1.11. The average molecular weight is 98.1 g/mol. The Labute approximate surface area is 41.7 Å². The molecule has 3 nitrogen and oxygen atoms in total. The van der Waals surface area contributed by atoms with E-state index >= 15 is 0 Å². The smallest absolute Gasteiger partial charge is 0.148 e. The van der Waals surface area contributed by atoms with Crippen molar-refractivity contribution in [3.05, 3.63) is 11.5 Å². The summed E-state index contributed by atoms with van der Waals surface area (Å²) < 4.78 is 0. The molecule has 0 saturated heterocycles. The number of nitrogens with zero attached hydrogens (tertiary/aromatic N) is 1. The number of rotatable bonds is 0. The van der Waals surface area contributed by atoms with E-state index in [4.69, 9.17) is 16.1 Å². The van der Waals surface area contributed by atoms with Gasteiger partial charge in [-0.3, -0.25) is 0 Å². The molecule has 7 heavy (non-hydrogen) atoms. The van der Waals surface area contributed by atoms with Crippen molar-refractivity contribution in [3.63, 3.8) is 0 Å². The predicted molar refractivity (Wildman–Crippen MR) is 25.1 cm³/mol. The van der Waals surface area contributed by atoms with Gasteiger partial charge in [0.25, 0.3) is 0 Å². The second-order valence-corrected chi connectivity index (χ2v) is 1.11. The van der Waals surface area contributed by atoms with Gasteiger partial charge in [-0.2, -0.15) is 5.26 Å². The molecule has 0 unspecified atom stereocenters. The third kappa shape index (κ3) is 1.66. The standard InChI is InChI=1S/C4H6N2O/c1-3(7)4(6)2-5/h7H,6H2,1H3/b4-3-. The predicted octanol–water partition coefficient (Wildman–Crippen LogP) is 0.258. The molecule has 3 heteroatoms. The van der Waals surface area contributed by atoms with Crippen LogP contribution in [0.2, 0.25) is 0 Å². The third-order valence-electron chi connectivity index (χ3n) is 0.510. The fourth-order valence-electron chi connectivity index (χ4n) is 0.0809. The molecule has 0 heterocycles. The number of aliphatic hydroxyl groups is 1. The van der Waals surface area contributed by atoms with Crippen molar-refractivity contribution in [3.8, 4) is 6.07 Å². The first-order valence-electron chi connectivity index (χ1n) is 1.74. The summed E-state index contributed by atoms with van der Waals surface area (Å²) in [6.07, 6.45) is 0. The second kappa shape index (κ2) is 2.08. The summed E-state index contributed by atoms with van der Waals surface area (Å²) in [5, 5.41) is 16.3. The zero-order valence-corrected chi connectivity index (χ0v) is 3.97. The molecule has 0 aromatic heterocycles. The lowest BCUT2D eigenvalue weighted by atomic mass is 10.4. The summed E-state index contributed by atoms with van der Waals surface area (Å²) in [5.74, 6) is -0.123. The third-order valence-corrected chi connectivity index (χ3v) is 0.510. The molecular formula is C4H6N2O. The van der Waals surface area contributed by atoms with Crippen molar-refractivity contribution >= 4 is 0 Å². The molecule has 0 amide bonds. The van der Waals surface area contributed by atoms with Crippen molar-refractivity contribution in [2.24, 2.45) is 5.73 Å². The summed E-state index contributed by atoms with van der Waals surface area (Å²) in [7, 11) is 0. The van der Waals surface area contributed by atoms with Crippen molar-refractivity contribution in [2.75, 3.05) is 0 Å². The van der Waals surface area contributed by atoms with Gasteiger partial charge in [-0.25, -0.2) is 0 Å². The Morgan fingerprint density at radius 1 is 1.86 bits per heavy atom. The minimum absolute atomic E-state index is 0.123. The lowest BCUT2D eigenvalue weighted by molar-refractivity contribution is 0.409. The highest BCUT2D eigenvalue weighted by Crippen LogP contribution is 1.86. The molecule has 0 aliphatic heterocycles. The van der Waals surface area contributed by atoms with Gasteiger partial charge in [0.05, 0.1) is 0 Å². The van der Waals surface area contributed by atoms with Gasteiger partial charge in [0.2, 0.25) is 0 Å². The summed E-state index contributed by atoms with van der Waals surface area (Å²) in [5.41, 5.74) is 4.76. The molecule has 0 aliphatic carbocycles. The van der Waals surface area contributed by atoms with Crippen LogP contribution in [-0.4, -0.2) is 5.11 Å². The van der Waals surface area contributed by atoms with Gasteiger partial charge in [-0.1, -0.05) is 0 Å². The molecule has 0 aliphatic rings. The minimum Gasteiger partial charge on any atom is -0.510 e. The van der Waals surface area contributed by atoms with Crippen LogP contribution in [0.25, 0.3) is 0 Å². The van der Waals surface area contributed by atoms with E-state index in [1.54, 1.807) is 6.07 Å². The first-order valence-corrected chi connectivity index (χ1v) is 1.74. The molecule has 0 spiro atoms. The van der Waals surface area contributed by atoms with E-state index in [1.807, 2.05) is 0 Å². The van der Waals surface area contributed by atoms with Crippen LogP contribution < -0.4 is 5.73 Å². The van der Waals surface area contributed by atoms with Crippen LogP contribution in [0.3, 0.4) is 0 Å². The van der Waals surface area contributed by atoms with Crippen LogP contribution in [0.1, 0.15) is 6.92 Å². The van der Waals surface area contributed by atoms with Gasteiger partial charge in [0.1, 0.15) is 17.5 Å². The maximum Gasteiger partial charge on any atom is 0.148 e. The van der Waals surface area contributed by atoms with Gasteiger partial charge < -0.3 is 10.8 Å². The zero-order chi connectivity index (χ0) is 5.86. The van der Waals surface area contributed by atoms with Crippen molar-refractivity contribution in [2.45, 2.75) is 6.92 Å². The van der Waals surface area contributed by atoms with Crippen LogP contribution in [0.15, 0.2) is 11.5 Å². The first kappa shape index (κ1) is 5.83. The highest BCUT2D eigenvalue weighted by atomic mass is 16.3. The maximum atomic E-state index is 8.35. The van der Waals surface area contributed by atoms with Crippen LogP contribution in [0, 0.1) is 11.3 Å². The first-order chi connectivity index (χ1) is 3.18. The van der Waals surface area contributed by atoms with Gasteiger partial charge in [-0.15, -0.1) is 0 Å². The number of nitriles is 1. The zero-order valence-electron chi connectivity index (χ0n) is 3.97. The summed E-state index contributed by atoms with van der Waals surface area (Å²) in [4.78, 5) is 0. The SMILES string of the molecule is C/C(O)=C(/N)C#N. The Balaban J connectivity index is 4.07. The quantitative estimate of drug-likeness (QED) is 0.337. The molecule has 0 aromatic carbocycles. The van der Waals surface area contributed by atoms with Crippen LogP contribution in [0.5, 0.6) is 0 Å². The van der Waals surface area contributed by atoms with E-state index in [2.05, 4.69) is 0 Å². The molecule has 0 fully saturated rings. The minimum atomic E-state index is -0.125. The van der Waals surface area contributed by atoms with E-state index in [0.29, 0.717) is 0 Å². The van der Waals surface area contributed by atoms with Crippen LogP contribution in [-0.2, 0) is 0 Å². The Kier molecular flexibility index (Phi) is 1.74. The lowest BCUT2D eigenvalue weighted by Crippen LogP contribution is -1.95. The number of aliphatic hydroxyl groups excluding tert-OH is 1. The lowest BCUT2D eigenvalue weighted by Gasteiger charge is -1.84. The van der Waals surface area contributed by atoms with E-state index in [-0.39, 0.29) is 11.5 Å². The van der Waals surface area contributed by atoms with Crippen molar-refractivity contribution in [1.29, 1.82) is 5.26 Å². The Morgan fingerprint density at radius 3 is 2.29 bits per heavy atom. The van der Waals surface area contributed by atoms with E-state index in [9.17, 15) is 0 Å². The molecule has 0 radical (unpaired) electrons. The molecule has 0 bridgehead atoms. The van der Waals surface area contributed by atoms with E-state index in [0.717, 1.165) is 0 Å². The summed E-state index contributed by atoms with van der Waals surface area (Å²) >= 11 is 0. The van der Waals surface area contributed by atoms with Gasteiger partial charge in [0, 0.05) is 0 Å². The molecule has 0 aromatic rings. The summed E-state index contributed by atoms with van der Waals surface area (Å²) in [6, 6.07) is 1.57. The molecular weight excluding hydrogens is 92.1 g/mol. The topological polar surface area (TPSA) is 70.0 Å². The van der Waals surface area contributed by atoms with Crippen molar-refractivity contribution < 1.29 is 5.11 Å². The van der Waals surface area contributed by atoms with Crippen LogP contribution >= 0.6 is 0 Å². The molecule has 3 N–H and O–H groups in total. The fourth-order valence-corrected chi connectivity index (χ4v) is 0.0809. The molecule has 38 valence electrons.